The first-order valence-electron chi connectivity index (χ1n) is 6.05. The van der Waals surface area contributed by atoms with E-state index in [0.29, 0.717) is 6.04 Å². The number of hydrogen-bond donors (Lipinski definition) is 2. The zero-order valence-electron chi connectivity index (χ0n) is 9.79. The van der Waals surface area contributed by atoms with Gasteiger partial charge in [-0.3, -0.25) is 4.99 Å². The van der Waals surface area contributed by atoms with Crippen LogP contribution in [-0.2, 0) is 0 Å². The van der Waals surface area contributed by atoms with Crippen LogP contribution in [0.5, 0.6) is 0 Å². The molecule has 2 aliphatic heterocycles. The van der Waals surface area contributed by atoms with Crippen LogP contribution in [0, 0.1) is 5.92 Å². The van der Waals surface area contributed by atoms with Gasteiger partial charge in [-0.15, -0.1) is 0 Å². The molecule has 1 saturated heterocycles. The monoisotopic (exact) mass is 210 g/mol. The predicted molar refractivity (Wildman–Crippen MR) is 63.1 cm³/mol. The maximum absolute atomic E-state index is 4.40. The van der Waals surface area contributed by atoms with Gasteiger partial charge in [0.15, 0.2) is 5.96 Å². The Balaban J connectivity index is 1.66. The van der Waals surface area contributed by atoms with Gasteiger partial charge in [-0.2, -0.15) is 0 Å². The maximum Gasteiger partial charge on any atom is 0.191 e. The van der Waals surface area contributed by atoms with Gasteiger partial charge in [0.2, 0.25) is 0 Å². The summed E-state index contributed by atoms with van der Waals surface area (Å²) in [6, 6.07) is 0.503. The molecule has 0 amide bonds. The second-order valence-corrected chi connectivity index (χ2v) is 4.66. The number of guanidine groups is 1. The quantitative estimate of drug-likeness (QED) is 0.702. The Labute approximate surface area is 92.1 Å². The Morgan fingerprint density at radius 2 is 2.47 bits per heavy atom. The molecule has 86 valence electrons. The molecule has 15 heavy (non-hydrogen) atoms. The average molecular weight is 210 g/mol. The van der Waals surface area contributed by atoms with Crippen molar-refractivity contribution in [3.63, 3.8) is 0 Å². The summed E-state index contributed by atoms with van der Waals surface area (Å²) < 4.78 is 0. The highest BCUT2D eigenvalue weighted by Crippen LogP contribution is 2.14. The molecule has 0 aromatic carbocycles. The number of rotatable bonds is 3. The Bertz CT molecular complexity index is 239. The third-order valence-electron chi connectivity index (χ3n) is 3.28. The summed E-state index contributed by atoms with van der Waals surface area (Å²) in [6.45, 7) is 10.1. The molecule has 2 aliphatic rings. The van der Waals surface area contributed by atoms with Gasteiger partial charge < -0.3 is 15.5 Å². The lowest BCUT2D eigenvalue weighted by atomic mass is 10.1. The molecule has 2 N–H and O–H groups in total. The van der Waals surface area contributed by atoms with Gasteiger partial charge in [-0.05, 0) is 32.4 Å². The van der Waals surface area contributed by atoms with Crippen molar-refractivity contribution in [3.8, 4) is 0 Å². The van der Waals surface area contributed by atoms with Crippen LogP contribution in [0.25, 0.3) is 0 Å². The standard InChI is InChI=1S/C11H22N4/c1-3-15-5-4-10(8-15)7-13-11-12-6-9(2)14-11/h9-10H,3-8H2,1-2H3,(H2,12,13,14). The number of nitrogens with one attached hydrogen (secondary N) is 2. The van der Waals surface area contributed by atoms with Gasteiger partial charge in [-0.1, -0.05) is 6.92 Å². The van der Waals surface area contributed by atoms with E-state index < -0.39 is 0 Å². The first-order valence-corrected chi connectivity index (χ1v) is 6.05. The van der Waals surface area contributed by atoms with Gasteiger partial charge in [0.05, 0.1) is 6.54 Å². The lowest BCUT2D eigenvalue weighted by Gasteiger charge is -2.14. The molecule has 2 atom stereocenters. The molecule has 2 rings (SSSR count). The first kappa shape index (κ1) is 10.7. The highest BCUT2D eigenvalue weighted by Gasteiger charge is 2.21. The molecule has 0 radical (unpaired) electrons. The zero-order valence-corrected chi connectivity index (χ0v) is 9.79. The SMILES string of the molecule is CCN1CCC(CNC2=NCC(C)N2)C1. The number of hydrogen-bond acceptors (Lipinski definition) is 4. The molecule has 0 bridgehead atoms. The molecular formula is C11H22N4. The number of nitrogens with zero attached hydrogens (tertiary/aromatic N) is 2. The van der Waals surface area contributed by atoms with E-state index in [2.05, 4.69) is 34.4 Å². The summed E-state index contributed by atoms with van der Waals surface area (Å²) in [6.07, 6.45) is 1.32. The lowest BCUT2D eigenvalue weighted by molar-refractivity contribution is 0.342. The van der Waals surface area contributed by atoms with Gasteiger partial charge in [-0.25, -0.2) is 0 Å². The Hall–Kier alpha value is -0.770. The largest absolute Gasteiger partial charge is 0.356 e. The van der Waals surface area contributed by atoms with Crippen molar-refractivity contribution in [1.82, 2.24) is 15.5 Å². The van der Waals surface area contributed by atoms with Crippen LogP contribution in [0.3, 0.4) is 0 Å². The fourth-order valence-electron chi connectivity index (χ4n) is 2.27. The summed E-state index contributed by atoms with van der Waals surface area (Å²) in [5.41, 5.74) is 0. The van der Waals surface area contributed by atoms with E-state index in [1.54, 1.807) is 0 Å². The van der Waals surface area contributed by atoms with E-state index in [4.69, 9.17) is 0 Å². The predicted octanol–water partition coefficient (Wildman–Crippen LogP) is 0.266. The minimum absolute atomic E-state index is 0.503. The van der Waals surface area contributed by atoms with E-state index in [1.165, 1.54) is 26.1 Å². The first-order chi connectivity index (χ1) is 7.28. The molecule has 2 heterocycles. The topological polar surface area (TPSA) is 39.7 Å². The Morgan fingerprint density at radius 3 is 3.07 bits per heavy atom. The molecule has 2 unspecified atom stereocenters. The Morgan fingerprint density at radius 1 is 1.60 bits per heavy atom. The van der Waals surface area contributed by atoms with E-state index in [-0.39, 0.29) is 0 Å². The van der Waals surface area contributed by atoms with Crippen LogP contribution in [0.2, 0.25) is 0 Å². The molecule has 0 aromatic rings. The second kappa shape index (κ2) is 4.84. The van der Waals surface area contributed by atoms with Crippen molar-refractivity contribution in [1.29, 1.82) is 0 Å². The summed E-state index contributed by atoms with van der Waals surface area (Å²) in [4.78, 5) is 6.91. The summed E-state index contributed by atoms with van der Waals surface area (Å²) in [5, 5.41) is 6.74. The van der Waals surface area contributed by atoms with Crippen LogP contribution < -0.4 is 10.6 Å². The summed E-state index contributed by atoms with van der Waals surface area (Å²) >= 11 is 0. The van der Waals surface area contributed by atoms with Crippen molar-refractivity contribution < 1.29 is 0 Å². The third-order valence-corrected chi connectivity index (χ3v) is 3.28. The Kier molecular flexibility index (Phi) is 3.46. The molecule has 0 aliphatic carbocycles. The molecule has 0 spiro atoms. The fourth-order valence-corrected chi connectivity index (χ4v) is 2.27. The summed E-state index contributed by atoms with van der Waals surface area (Å²) in [7, 11) is 0. The van der Waals surface area contributed by atoms with Gasteiger partial charge in [0, 0.05) is 19.1 Å². The molecule has 4 nitrogen and oxygen atoms in total. The second-order valence-electron chi connectivity index (χ2n) is 4.66. The van der Waals surface area contributed by atoms with Crippen LogP contribution >= 0.6 is 0 Å². The van der Waals surface area contributed by atoms with Gasteiger partial charge >= 0.3 is 0 Å². The summed E-state index contributed by atoms with van der Waals surface area (Å²) in [5.74, 6) is 1.79. The minimum Gasteiger partial charge on any atom is -0.356 e. The van der Waals surface area contributed by atoms with Crippen molar-refractivity contribution in [2.45, 2.75) is 26.3 Å². The van der Waals surface area contributed by atoms with E-state index in [1.807, 2.05) is 0 Å². The molecule has 4 heteroatoms. The van der Waals surface area contributed by atoms with Crippen LogP contribution in [0.1, 0.15) is 20.3 Å². The fraction of sp³-hybridized carbons (Fsp3) is 0.909. The van der Waals surface area contributed by atoms with Gasteiger partial charge in [0.25, 0.3) is 0 Å². The highest BCUT2D eigenvalue weighted by atomic mass is 15.2. The zero-order chi connectivity index (χ0) is 10.7. The van der Waals surface area contributed by atoms with Crippen LogP contribution in [0.15, 0.2) is 4.99 Å². The van der Waals surface area contributed by atoms with Crippen LogP contribution in [-0.4, -0.2) is 49.6 Å². The smallest absolute Gasteiger partial charge is 0.191 e. The normalized spacial score (nSPS) is 31.5. The van der Waals surface area contributed by atoms with Crippen molar-refractivity contribution in [2.24, 2.45) is 10.9 Å². The van der Waals surface area contributed by atoms with Crippen molar-refractivity contribution >= 4 is 5.96 Å². The molecule has 0 saturated carbocycles. The maximum atomic E-state index is 4.40. The van der Waals surface area contributed by atoms with E-state index >= 15 is 0 Å². The number of aliphatic imine (C=N–C) groups is 1. The van der Waals surface area contributed by atoms with Crippen molar-refractivity contribution in [2.75, 3.05) is 32.7 Å². The van der Waals surface area contributed by atoms with Gasteiger partial charge in [0.1, 0.15) is 0 Å². The molecule has 0 aromatic heterocycles. The van der Waals surface area contributed by atoms with E-state index in [9.17, 15) is 0 Å². The lowest BCUT2D eigenvalue weighted by Crippen LogP contribution is -2.40. The minimum atomic E-state index is 0.503. The molecular weight excluding hydrogens is 188 g/mol. The number of likely N-dealkylation sites (tertiary alicyclic amines) is 1. The highest BCUT2D eigenvalue weighted by molar-refractivity contribution is 5.81. The van der Waals surface area contributed by atoms with Crippen LogP contribution in [0.4, 0.5) is 0 Å². The molecule has 1 fully saturated rings. The average Bonchev–Trinajstić information content (AvgIpc) is 2.83. The van der Waals surface area contributed by atoms with E-state index in [0.717, 1.165) is 25.0 Å². The third kappa shape index (κ3) is 2.84. The van der Waals surface area contributed by atoms with Crippen molar-refractivity contribution in [3.05, 3.63) is 0 Å².